The maximum absolute atomic E-state index is 12.3. The van der Waals surface area contributed by atoms with Crippen molar-refractivity contribution in [1.29, 1.82) is 0 Å². The van der Waals surface area contributed by atoms with Gasteiger partial charge in [0.1, 0.15) is 10.0 Å². The van der Waals surface area contributed by atoms with Gasteiger partial charge in [0.2, 0.25) is 10.0 Å². The minimum Gasteiger partial charge on any atom is -0.300 e. The number of fused-ring (bicyclic) bond motifs is 1. The molecule has 2 fully saturated rings. The number of hydrogen-bond acceptors (Lipinski definition) is 4. The third kappa shape index (κ3) is 2.98. The molecule has 2 aliphatic heterocycles. The third-order valence-corrected chi connectivity index (χ3v) is 5.88. The van der Waals surface area contributed by atoms with Crippen LogP contribution in [0.5, 0.6) is 0 Å². The SMILES string of the molecule is O=S(=O)(NC1CCN2CCCC2C1)c1ccc(Cl)nc1. The molecule has 3 rings (SSSR count). The first kappa shape index (κ1) is 14.3. The first-order valence-corrected chi connectivity index (χ1v) is 8.79. The normalized spacial score (nSPS) is 27.4. The Bertz CT molecular complexity index is 576. The van der Waals surface area contributed by atoms with Crippen LogP contribution in [0.4, 0.5) is 0 Å². The number of halogens is 1. The highest BCUT2D eigenvalue weighted by Crippen LogP contribution is 2.27. The number of rotatable bonds is 3. The van der Waals surface area contributed by atoms with Gasteiger partial charge in [-0.2, -0.15) is 0 Å². The van der Waals surface area contributed by atoms with Gasteiger partial charge in [0.15, 0.2) is 0 Å². The van der Waals surface area contributed by atoms with Crippen LogP contribution in [0.1, 0.15) is 25.7 Å². The van der Waals surface area contributed by atoms with E-state index in [2.05, 4.69) is 14.6 Å². The fraction of sp³-hybridized carbons (Fsp3) is 0.615. The summed E-state index contributed by atoms with van der Waals surface area (Å²) in [5.41, 5.74) is 0. The average molecular weight is 316 g/mol. The molecule has 1 N–H and O–H groups in total. The van der Waals surface area contributed by atoms with Crippen LogP contribution in [0.2, 0.25) is 5.15 Å². The zero-order valence-corrected chi connectivity index (χ0v) is 12.7. The van der Waals surface area contributed by atoms with Crippen molar-refractivity contribution in [3.63, 3.8) is 0 Å². The highest BCUT2D eigenvalue weighted by molar-refractivity contribution is 7.89. The third-order valence-electron chi connectivity index (χ3n) is 4.15. The molecule has 0 amide bonds. The Morgan fingerprint density at radius 3 is 2.90 bits per heavy atom. The Labute approximate surface area is 124 Å². The molecule has 3 heterocycles. The topological polar surface area (TPSA) is 62.3 Å². The molecule has 0 bridgehead atoms. The van der Waals surface area contributed by atoms with E-state index in [1.165, 1.54) is 31.2 Å². The van der Waals surface area contributed by atoms with Crippen molar-refractivity contribution >= 4 is 21.6 Å². The molecule has 1 aromatic heterocycles. The van der Waals surface area contributed by atoms with E-state index in [1.807, 2.05) is 0 Å². The van der Waals surface area contributed by atoms with Crippen molar-refractivity contribution in [2.24, 2.45) is 0 Å². The number of hydrogen-bond donors (Lipinski definition) is 1. The van der Waals surface area contributed by atoms with E-state index < -0.39 is 10.0 Å². The number of nitrogens with zero attached hydrogens (tertiary/aromatic N) is 2. The van der Waals surface area contributed by atoms with Gasteiger partial charge in [0.25, 0.3) is 0 Å². The van der Waals surface area contributed by atoms with Gasteiger partial charge in [-0.05, 0) is 50.9 Å². The van der Waals surface area contributed by atoms with Crippen molar-refractivity contribution in [3.8, 4) is 0 Å². The van der Waals surface area contributed by atoms with Gasteiger partial charge in [-0.1, -0.05) is 11.6 Å². The molecule has 7 heteroatoms. The number of sulfonamides is 1. The highest BCUT2D eigenvalue weighted by Gasteiger charge is 2.33. The smallest absolute Gasteiger partial charge is 0.242 e. The van der Waals surface area contributed by atoms with Crippen molar-refractivity contribution in [1.82, 2.24) is 14.6 Å². The molecule has 110 valence electrons. The average Bonchev–Trinajstić information content (AvgIpc) is 2.86. The summed E-state index contributed by atoms with van der Waals surface area (Å²) in [6.45, 7) is 2.14. The quantitative estimate of drug-likeness (QED) is 0.861. The van der Waals surface area contributed by atoms with Crippen LogP contribution >= 0.6 is 11.6 Å². The summed E-state index contributed by atoms with van der Waals surface area (Å²) in [5, 5.41) is 0.295. The highest BCUT2D eigenvalue weighted by atomic mass is 35.5. The Kier molecular flexibility index (Phi) is 3.99. The zero-order valence-electron chi connectivity index (χ0n) is 11.1. The molecule has 2 aliphatic rings. The number of pyridine rings is 1. The summed E-state index contributed by atoms with van der Waals surface area (Å²) in [4.78, 5) is 6.47. The molecule has 0 saturated carbocycles. The van der Waals surface area contributed by atoms with E-state index in [4.69, 9.17) is 11.6 Å². The maximum atomic E-state index is 12.3. The van der Waals surface area contributed by atoms with Gasteiger partial charge in [0.05, 0.1) is 0 Å². The molecule has 0 radical (unpaired) electrons. The molecular formula is C13H18ClN3O2S. The Morgan fingerprint density at radius 2 is 2.15 bits per heavy atom. The molecule has 0 aliphatic carbocycles. The number of nitrogens with one attached hydrogen (secondary N) is 1. The van der Waals surface area contributed by atoms with Crippen molar-refractivity contribution in [3.05, 3.63) is 23.5 Å². The maximum Gasteiger partial charge on any atom is 0.242 e. The lowest BCUT2D eigenvalue weighted by atomic mass is 9.99. The molecule has 0 spiro atoms. The van der Waals surface area contributed by atoms with Gasteiger partial charge in [-0.15, -0.1) is 0 Å². The van der Waals surface area contributed by atoms with E-state index >= 15 is 0 Å². The first-order chi connectivity index (χ1) is 9.54. The van der Waals surface area contributed by atoms with Crippen LogP contribution in [-0.4, -0.2) is 43.5 Å². The van der Waals surface area contributed by atoms with E-state index in [-0.39, 0.29) is 10.9 Å². The van der Waals surface area contributed by atoms with E-state index in [1.54, 1.807) is 0 Å². The van der Waals surface area contributed by atoms with Gasteiger partial charge in [-0.25, -0.2) is 18.1 Å². The lowest BCUT2D eigenvalue weighted by Crippen LogP contribution is -2.47. The Hall–Kier alpha value is -0.690. The van der Waals surface area contributed by atoms with E-state index in [0.29, 0.717) is 11.2 Å². The van der Waals surface area contributed by atoms with E-state index in [9.17, 15) is 8.42 Å². The summed E-state index contributed by atoms with van der Waals surface area (Å²) in [6.07, 6.45) is 5.48. The second-order valence-electron chi connectivity index (χ2n) is 5.49. The van der Waals surface area contributed by atoms with Crippen LogP contribution in [-0.2, 0) is 10.0 Å². The monoisotopic (exact) mass is 315 g/mol. The van der Waals surface area contributed by atoms with Crippen molar-refractivity contribution in [2.45, 2.75) is 42.7 Å². The van der Waals surface area contributed by atoms with Crippen LogP contribution < -0.4 is 4.72 Å². The summed E-state index contributed by atoms with van der Waals surface area (Å²) in [5.74, 6) is 0. The molecule has 1 aromatic rings. The summed E-state index contributed by atoms with van der Waals surface area (Å²) >= 11 is 5.68. The van der Waals surface area contributed by atoms with E-state index in [0.717, 1.165) is 25.9 Å². The minimum absolute atomic E-state index is 0.0232. The standard InChI is InChI=1S/C13H18ClN3O2S/c14-13-4-3-12(9-15-13)20(18,19)16-10-5-7-17-6-1-2-11(17)8-10/h3-4,9-11,16H,1-2,5-8H2. The molecule has 5 nitrogen and oxygen atoms in total. The largest absolute Gasteiger partial charge is 0.300 e. The summed E-state index contributed by atoms with van der Waals surface area (Å²) in [7, 11) is -3.50. The van der Waals surface area contributed by atoms with Gasteiger partial charge in [0, 0.05) is 18.3 Å². The van der Waals surface area contributed by atoms with Crippen LogP contribution in [0, 0.1) is 0 Å². The predicted molar refractivity (Wildman–Crippen MR) is 77.2 cm³/mol. The number of aromatic nitrogens is 1. The first-order valence-electron chi connectivity index (χ1n) is 6.92. The minimum atomic E-state index is -3.50. The number of piperidine rings is 1. The van der Waals surface area contributed by atoms with Crippen molar-refractivity contribution < 1.29 is 8.42 Å². The summed E-state index contributed by atoms with van der Waals surface area (Å²) in [6, 6.07) is 3.55. The van der Waals surface area contributed by atoms with Crippen LogP contribution in [0.3, 0.4) is 0 Å². The fourth-order valence-electron chi connectivity index (χ4n) is 3.14. The van der Waals surface area contributed by atoms with Gasteiger partial charge in [-0.3, -0.25) is 0 Å². The molecular weight excluding hydrogens is 298 g/mol. The second-order valence-corrected chi connectivity index (χ2v) is 7.59. The lowest BCUT2D eigenvalue weighted by Gasteiger charge is -2.34. The Morgan fingerprint density at radius 1 is 1.30 bits per heavy atom. The predicted octanol–water partition coefficient (Wildman–Crippen LogP) is 1.64. The lowest BCUT2D eigenvalue weighted by molar-refractivity contribution is 0.176. The van der Waals surface area contributed by atoms with Crippen LogP contribution in [0.25, 0.3) is 0 Å². The summed E-state index contributed by atoms with van der Waals surface area (Å²) < 4.78 is 27.4. The molecule has 2 atom stereocenters. The second kappa shape index (κ2) is 5.60. The molecule has 0 aromatic carbocycles. The molecule has 2 unspecified atom stereocenters. The fourth-order valence-corrected chi connectivity index (χ4v) is 4.48. The van der Waals surface area contributed by atoms with Crippen LogP contribution in [0.15, 0.2) is 23.2 Å². The van der Waals surface area contributed by atoms with Gasteiger partial charge >= 0.3 is 0 Å². The van der Waals surface area contributed by atoms with Crippen molar-refractivity contribution in [2.75, 3.05) is 13.1 Å². The zero-order chi connectivity index (χ0) is 14.2. The van der Waals surface area contributed by atoms with Gasteiger partial charge < -0.3 is 4.90 Å². The molecule has 20 heavy (non-hydrogen) atoms. The Balaban J connectivity index is 1.69. The molecule has 2 saturated heterocycles.